The molecule has 1 aliphatic heterocycles. The number of carbonyl (C=O) groups excluding carboxylic acids is 1. The zero-order valence-corrected chi connectivity index (χ0v) is 19.5. The van der Waals surface area contributed by atoms with Gasteiger partial charge in [-0.1, -0.05) is 25.7 Å². The summed E-state index contributed by atoms with van der Waals surface area (Å²) in [7, 11) is 0. The number of carbonyl (C=O) groups is 2. The molecule has 0 saturated heterocycles. The third kappa shape index (κ3) is 5.32. The summed E-state index contributed by atoms with van der Waals surface area (Å²) in [4.78, 5) is 22.5. The van der Waals surface area contributed by atoms with E-state index >= 15 is 0 Å². The Balaban J connectivity index is 0.000000202. The zero-order chi connectivity index (χ0) is 26.7. The molecule has 202 valence electrons. The number of rotatable bonds is 5. The number of carboxylic acid groups (broad SMARTS) is 1. The topological polar surface area (TPSA) is 105 Å². The van der Waals surface area contributed by atoms with Crippen LogP contribution in [-0.4, -0.2) is 45.1 Å². The van der Waals surface area contributed by atoms with Crippen LogP contribution >= 0.6 is 0 Å². The van der Waals surface area contributed by atoms with Gasteiger partial charge in [0.2, 0.25) is 0 Å². The highest BCUT2D eigenvalue weighted by Crippen LogP contribution is 2.49. The number of hydrazine groups is 1. The summed E-state index contributed by atoms with van der Waals surface area (Å²) < 4.78 is 84.8. The monoisotopic (exact) mass is 526 g/mol. The summed E-state index contributed by atoms with van der Waals surface area (Å²) in [5.41, 5.74) is 0.0201. The van der Waals surface area contributed by atoms with Gasteiger partial charge in [-0.05, 0) is 38.5 Å². The van der Waals surface area contributed by atoms with Crippen molar-refractivity contribution in [3.8, 4) is 0 Å². The van der Waals surface area contributed by atoms with Crippen molar-refractivity contribution in [2.45, 2.75) is 82.2 Å². The average Bonchev–Trinajstić information content (AvgIpc) is 3.59. The predicted molar refractivity (Wildman–Crippen MR) is 113 cm³/mol. The van der Waals surface area contributed by atoms with E-state index in [-0.39, 0.29) is 18.2 Å². The van der Waals surface area contributed by atoms with Crippen molar-refractivity contribution >= 4 is 11.9 Å². The Kier molecular flexibility index (Phi) is 8.26. The third-order valence-electron chi connectivity index (χ3n) is 6.79. The van der Waals surface area contributed by atoms with Crippen molar-refractivity contribution in [2.75, 3.05) is 6.61 Å². The molecule has 1 unspecified atom stereocenters. The molecule has 2 saturated carbocycles. The van der Waals surface area contributed by atoms with Gasteiger partial charge in [0.05, 0.1) is 24.4 Å². The molecule has 2 heterocycles. The van der Waals surface area contributed by atoms with Crippen LogP contribution < -0.4 is 10.9 Å². The summed E-state index contributed by atoms with van der Waals surface area (Å²) in [6, 6.07) is -0.334. The Bertz CT molecular complexity index is 978. The van der Waals surface area contributed by atoms with E-state index in [9.17, 15) is 35.9 Å². The van der Waals surface area contributed by atoms with E-state index in [0.29, 0.717) is 25.7 Å². The molecule has 2 fully saturated rings. The lowest BCUT2D eigenvalue weighted by Gasteiger charge is -2.38. The number of alkyl halides is 6. The summed E-state index contributed by atoms with van der Waals surface area (Å²) in [5, 5.41) is 12.3. The second-order valence-electron chi connectivity index (χ2n) is 8.93. The Hall–Kier alpha value is -2.77. The predicted octanol–water partition coefficient (Wildman–Crippen LogP) is 4.75. The Morgan fingerprint density at radius 1 is 1.11 bits per heavy atom. The minimum Gasteiger partial charge on any atom is -0.478 e. The molecular formula is C22H28F6N4O4. The zero-order valence-electron chi connectivity index (χ0n) is 19.5. The summed E-state index contributed by atoms with van der Waals surface area (Å²) >= 11 is 0. The fourth-order valence-corrected chi connectivity index (χ4v) is 5.19. The summed E-state index contributed by atoms with van der Waals surface area (Å²) in [6.07, 6.45) is -2.05. The quantitative estimate of drug-likeness (QED) is 0.376. The number of carboxylic acids is 1. The Morgan fingerprint density at radius 2 is 1.69 bits per heavy atom. The minimum atomic E-state index is -4.69. The van der Waals surface area contributed by atoms with Gasteiger partial charge in [0.15, 0.2) is 11.2 Å². The van der Waals surface area contributed by atoms with Crippen molar-refractivity contribution in [3.63, 3.8) is 0 Å². The van der Waals surface area contributed by atoms with Crippen LogP contribution in [0.3, 0.4) is 0 Å². The van der Waals surface area contributed by atoms with E-state index in [2.05, 4.69) is 16.0 Å². The lowest BCUT2D eigenvalue weighted by Crippen LogP contribution is -2.62. The number of hydrogen-bond acceptors (Lipinski definition) is 6. The van der Waals surface area contributed by atoms with Crippen LogP contribution in [0.2, 0.25) is 0 Å². The molecule has 1 aromatic rings. The number of nitrogens with zero attached hydrogens (tertiary/aromatic N) is 2. The van der Waals surface area contributed by atoms with Crippen LogP contribution in [0, 0.1) is 5.92 Å². The number of aromatic carboxylic acids is 1. The Labute approximate surface area is 203 Å². The first-order valence-electron chi connectivity index (χ1n) is 11.7. The molecule has 1 aromatic heterocycles. The van der Waals surface area contributed by atoms with E-state index in [4.69, 9.17) is 9.84 Å². The van der Waals surface area contributed by atoms with E-state index in [1.807, 2.05) is 0 Å². The van der Waals surface area contributed by atoms with Gasteiger partial charge in [-0.25, -0.2) is 15.0 Å². The third-order valence-corrected chi connectivity index (χ3v) is 6.79. The molecule has 2 aliphatic carbocycles. The van der Waals surface area contributed by atoms with Crippen LogP contribution in [0.1, 0.15) is 80.4 Å². The summed E-state index contributed by atoms with van der Waals surface area (Å²) in [5.74, 6) is -3.15. The molecule has 4 rings (SSSR count). The van der Waals surface area contributed by atoms with E-state index in [1.54, 1.807) is 6.92 Å². The number of nitrogens with one attached hydrogen (secondary N) is 2. The molecule has 3 N–H and O–H groups in total. The van der Waals surface area contributed by atoms with Gasteiger partial charge in [-0.15, -0.1) is 0 Å². The molecular weight excluding hydrogens is 498 g/mol. The molecule has 3 aliphatic rings. The van der Waals surface area contributed by atoms with Gasteiger partial charge in [0.25, 0.3) is 0 Å². The second kappa shape index (κ2) is 10.7. The van der Waals surface area contributed by atoms with E-state index < -0.39 is 47.0 Å². The maximum Gasteiger partial charge on any atom is 0.433 e. The SMILES string of the molecule is CCOC(=O)C1=CNNC1(C1CCCC1)C(F)(F)F.O=C(O)c1cnn(C2CCCC2)c1C(F)(F)F. The van der Waals surface area contributed by atoms with Gasteiger partial charge >= 0.3 is 24.3 Å². The molecule has 36 heavy (non-hydrogen) atoms. The molecule has 0 bridgehead atoms. The highest BCUT2D eigenvalue weighted by Gasteiger charge is 2.65. The smallest absolute Gasteiger partial charge is 0.433 e. The van der Waals surface area contributed by atoms with Crippen molar-refractivity contribution in [2.24, 2.45) is 5.92 Å². The Morgan fingerprint density at radius 3 is 2.19 bits per heavy atom. The first-order chi connectivity index (χ1) is 16.8. The largest absolute Gasteiger partial charge is 0.478 e. The maximum atomic E-state index is 13.6. The van der Waals surface area contributed by atoms with Crippen molar-refractivity contribution in [1.29, 1.82) is 0 Å². The first kappa shape index (κ1) is 27.8. The highest BCUT2D eigenvalue weighted by molar-refractivity contribution is 5.92. The molecule has 14 heteroatoms. The standard InChI is InChI=1S/C12H17F3N2O2.C10H11F3N2O2/c1-2-19-10(18)9-7-16-17-11(9,12(13,14)15)8-5-3-4-6-8;11-10(12,13)8-7(9(16)17)5-14-15(8)6-3-1-2-4-6/h7-8,16-17H,2-6H2,1H3;5-6H,1-4H2,(H,16,17). The van der Waals surface area contributed by atoms with Crippen molar-refractivity contribution < 1.29 is 45.8 Å². The fraction of sp³-hybridized carbons (Fsp3) is 0.682. The number of esters is 1. The number of aromatic nitrogens is 2. The molecule has 1 atom stereocenters. The van der Waals surface area contributed by atoms with Gasteiger partial charge < -0.3 is 15.3 Å². The average molecular weight is 526 g/mol. The van der Waals surface area contributed by atoms with Gasteiger partial charge in [-0.3, -0.25) is 4.68 Å². The lowest BCUT2D eigenvalue weighted by molar-refractivity contribution is -0.202. The van der Waals surface area contributed by atoms with Crippen LogP contribution in [0.15, 0.2) is 18.0 Å². The van der Waals surface area contributed by atoms with Crippen LogP contribution in [0.25, 0.3) is 0 Å². The first-order valence-corrected chi connectivity index (χ1v) is 11.7. The second-order valence-corrected chi connectivity index (χ2v) is 8.93. The summed E-state index contributed by atoms with van der Waals surface area (Å²) in [6.45, 7) is 1.62. The van der Waals surface area contributed by atoms with Gasteiger partial charge in [-0.2, -0.15) is 31.4 Å². The fourth-order valence-electron chi connectivity index (χ4n) is 5.19. The van der Waals surface area contributed by atoms with Gasteiger partial charge in [0.1, 0.15) is 5.56 Å². The van der Waals surface area contributed by atoms with Crippen LogP contribution in [-0.2, 0) is 15.7 Å². The molecule has 0 radical (unpaired) electrons. The number of hydrogen-bond donors (Lipinski definition) is 3. The molecule has 0 spiro atoms. The number of ether oxygens (including phenoxy) is 1. The highest BCUT2D eigenvalue weighted by atomic mass is 19.4. The lowest BCUT2D eigenvalue weighted by atomic mass is 9.77. The van der Waals surface area contributed by atoms with E-state index in [0.717, 1.165) is 42.8 Å². The molecule has 0 amide bonds. The van der Waals surface area contributed by atoms with Crippen molar-refractivity contribution in [1.82, 2.24) is 20.6 Å². The molecule has 0 aromatic carbocycles. The van der Waals surface area contributed by atoms with Crippen LogP contribution in [0.4, 0.5) is 26.3 Å². The van der Waals surface area contributed by atoms with Crippen LogP contribution in [0.5, 0.6) is 0 Å². The normalized spacial score (nSPS) is 23.1. The van der Waals surface area contributed by atoms with Crippen molar-refractivity contribution in [3.05, 3.63) is 29.2 Å². The minimum absolute atomic E-state index is 0.0504. The molecule has 8 nitrogen and oxygen atoms in total. The van der Waals surface area contributed by atoms with E-state index in [1.165, 1.54) is 0 Å². The van der Waals surface area contributed by atoms with Gasteiger partial charge in [0, 0.05) is 6.20 Å². The maximum absolute atomic E-state index is 13.6. The number of halogens is 6.